The third-order valence-electron chi connectivity index (χ3n) is 3.17. The van der Waals surface area contributed by atoms with Gasteiger partial charge in [-0.1, -0.05) is 0 Å². The first kappa shape index (κ1) is 8.52. The van der Waals surface area contributed by atoms with E-state index in [1.165, 1.54) is 25.8 Å². The summed E-state index contributed by atoms with van der Waals surface area (Å²) in [7, 11) is 0. The molecule has 0 saturated carbocycles. The van der Waals surface area contributed by atoms with Crippen LogP contribution in [0.25, 0.3) is 0 Å². The van der Waals surface area contributed by atoms with E-state index in [9.17, 15) is 0 Å². The van der Waals surface area contributed by atoms with Crippen molar-refractivity contribution in [2.24, 2.45) is 0 Å². The summed E-state index contributed by atoms with van der Waals surface area (Å²) in [5, 5.41) is 0. The van der Waals surface area contributed by atoms with E-state index in [0.29, 0.717) is 12.1 Å². The number of ether oxygens (including phenoxy) is 1. The largest absolute Gasteiger partial charge is 0.377 e. The molecule has 0 unspecified atom stereocenters. The number of nitrogens with zero attached hydrogens (tertiary/aromatic N) is 1. The van der Waals surface area contributed by atoms with Crippen LogP contribution in [0.15, 0.2) is 0 Å². The minimum absolute atomic E-state index is 0.557. The molecule has 2 saturated heterocycles. The highest BCUT2D eigenvalue weighted by molar-refractivity contribution is 4.90. The first-order chi connectivity index (χ1) is 5.79. The van der Waals surface area contributed by atoms with Crippen molar-refractivity contribution in [1.82, 2.24) is 4.90 Å². The number of hydrogen-bond acceptors (Lipinski definition) is 2. The minimum Gasteiger partial charge on any atom is -0.377 e. The Hall–Kier alpha value is -0.0800. The van der Waals surface area contributed by atoms with E-state index in [4.69, 9.17) is 4.74 Å². The van der Waals surface area contributed by atoms with Crippen LogP contribution in [0, 0.1) is 0 Å². The molecule has 2 heterocycles. The zero-order chi connectivity index (χ0) is 8.55. The third kappa shape index (κ3) is 1.38. The average Bonchev–Trinajstić information content (AvgIpc) is 2.49. The molecule has 0 amide bonds. The molecule has 2 atom stereocenters. The molecule has 2 heteroatoms. The lowest BCUT2D eigenvalue weighted by molar-refractivity contribution is 0.0136. The molecule has 0 aromatic carbocycles. The summed E-state index contributed by atoms with van der Waals surface area (Å²) in [6.45, 7) is 6.85. The van der Waals surface area contributed by atoms with Gasteiger partial charge in [-0.05, 0) is 39.7 Å². The Labute approximate surface area is 74.9 Å². The highest BCUT2D eigenvalue weighted by Crippen LogP contribution is 2.29. The van der Waals surface area contributed by atoms with Crippen molar-refractivity contribution < 1.29 is 4.74 Å². The number of fused-ring (bicyclic) bond motifs is 1. The van der Waals surface area contributed by atoms with Gasteiger partial charge in [-0.3, -0.25) is 4.90 Å². The van der Waals surface area contributed by atoms with Gasteiger partial charge in [-0.2, -0.15) is 0 Å². The van der Waals surface area contributed by atoms with Crippen molar-refractivity contribution in [1.29, 1.82) is 0 Å². The number of rotatable bonds is 1. The average molecular weight is 169 g/mol. The molecular formula is C10H19NO. The first-order valence-corrected chi connectivity index (χ1v) is 5.16. The van der Waals surface area contributed by atoms with Gasteiger partial charge in [0.05, 0.1) is 6.10 Å². The highest BCUT2D eigenvalue weighted by Gasteiger charge is 2.36. The van der Waals surface area contributed by atoms with Gasteiger partial charge in [0.15, 0.2) is 0 Å². The maximum atomic E-state index is 5.70. The Morgan fingerprint density at radius 1 is 1.33 bits per heavy atom. The molecule has 70 valence electrons. The lowest BCUT2D eigenvalue weighted by Crippen LogP contribution is -2.48. The standard InChI is InChI=1S/C10H19NO/c1-8(2)11-6-3-4-10-9(11)5-7-12-10/h8-10H,3-7H2,1-2H3/t9-,10-/m1/s1. The van der Waals surface area contributed by atoms with Gasteiger partial charge in [0.25, 0.3) is 0 Å². The van der Waals surface area contributed by atoms with Crippen LogP contribution in [0.3, 0.4) is 0 Å². The van der Waals surface area contributed by atoms with Gasteiger partial charge in [-0.25, -0.2) is 0 Å². The Bertz CT molecular complexity index is 158. The zero-order valence-electron chi connectivity index (χ0n) is 8.12. The van der Waals surface area contributed by atoms with E-state index < -0.39 is 0 Å². The lowest BCUT2D eigenvalue weighted by Gasteiger charge is -2.39. The van der Waals surface area contributed by atoms with Crippen LogP contribution < -0.4 is 0 Å². The normalized spacial score (nSPS) is 37.2. The Kier molecular flexibility index (Phi) is 2.37. The molecule has 2 aliphatic rings. The molecule has 0 radical (unpaired) electrons. The molecule has 2 rings (SSSR count). The van der Waals surface area contributed by atoms with E-state index in [1.54, 1.807) is 0 Å². The van der Waals surface area contributed by atoms with E-state index in [-0.39, 0.29) is 0 Å². The van der Waals surface area contributed by atoms with Crippen molar-refractivity contribution in [3.63, 3.8) is 0 Å². The molecule has 0 spiro atoms. The highest BCUT2D eigenvalue weighted by atomic mass is 16.5. The van der Waals surface area contributed by atoms with Crippen molar-refractivity contribution in [3.05, 3.63) is 0 Å². The van der Waals surface area contributed by atoms with Crippen molar-refractivity contribution in [2.75, 3.05) is 13.2 Å². The van der Waals surface area contributed by atoms with E-state index in [2.05, 4.69) is 18.7 Å². The maximum absolute atomic E-state index is 5.70. The van der Waals surface area contributed by atoms with Crippen LogP contribution in [-0.4, -0.2) is 36.2 Å². The van der Waals surface area contributed by atoms with Gasteiger partial charge < -0.3 is 4.74 Å². The first-order valence-electron chi connectivity index (χ1n) is 5.16. The summed E-state index contributed by atoms with van der Waals surface area (Å²) in [6, 6.07) is 1.43. The van der Waals surface area contributed by atoms with Crippen LogP contribution >= 0.6 is 0 Å². The van der Waals surface area contributed by atoms with Crippen molar-refractivity contribution in [2.45, 2.75) is 51.3 Å². The van der Waals surface area contributed by atoms with Crippen molar-refractivity contribution >= 4 is 0 Å². The monoisotopic (exact) mass is 169 g/mol. The summed E-state index contributed by atoms with van der Waals surface area (Å²) in [6.07, 6.45) is 4.41. The number of hydrogen-bond donors (Lipinski definition) is 0. The van der Waals surface area contributed by atoms with Gasteiger partial charge in [0.1, 0.15) is 0 Å². The van der Waals surface area contributed by atoms with E-state index >= 15 is 0 Å². The van der Waals surface area contributed by atoms with Crippen LogP contribution in [0.2, 0.25) is 0 Å². The fourth-order valence-electron chi connectivity index (χ4n) is 2.57. The third-order valence-corrected chi connectivity index (χ3v) is 3.17. The number of piperidine rings is 1. The fraction of sp³-hybridized carbons (Fsp3) is 1.00. The molecule has 2 fully saturated rings. The fourth-order valence-corrected chi connectivity index (χ4v) is 2.57. The second-order valence-corrected chi connectivity index (χ2v) is 4.24. The summed E-state index contributed by atoms with van der Waals surface area (Å²) < 4.78 is 5.70. The molecule has 12 heavy (non-hydrogen) atoms. The van der Waals surface area contributed by atoms with E-state index in [0.717, 1.165) is 12.6 Å². The molecule has 0 bridgehead atoms. The van der Waals surface area contributed by atoms with Gasteiger partial charge >= 0.3 is 0 Å². The molecular weight excluding hydrogens is 150 g/mol. The molecule has 0 aromatic heterocycles. The predicted octanol–water partition coefficient (Wildman–Crippen LogP) is 1.65. The van der Waals surface area contributed by atoms with Crippen molar-refractivity contribution in [3.8, 4) is 0 Å². The van der Waals surface area contributed by atoms with Gasteiger partial charge in [0.2, 0.25) is 0 Å². The lowest BCUT2D eigenvalue weighted by atomic mass is 9.97. The molecule has 0 aromatic rings. The Morgan fingerprint density at radius 2 is 2.17 bits per heavy atom. The van der Waals surface area contributed by atoms with Crippen LogP contribution in [0.4, 0.5) is 0 Å². The predicted molar refractivity (Wildman–Crippen MR) is 49.2 cm³/mol. The maximum Gasteiger partial charge on any atom is 0.0731 e. The van der Waals surface area contributed by atoms with E-state index in [1.807, 2.05) is 0 Å². The van der Waals surface area contributed by atoms with Gasteiger partial charge in [-0.15, -0.1) is 0 Å². The summed E-state index contributed by atoms with van der Waals surface area (Å²) in [5.74, 6) is 0. The zero-order valence-corrected chi connectivity index (χ0v) is 8.12. The van der Waals surface area contributed by atoms with Crippen LogP contribution in [0.1, 0.15) is 33.1 Å². The summed E-state index contributed by atoms with van der Waals surface area (Å²) >= 11 is 0. The SMILES string of the molecule is CC(C)N1CCC[C@H]2OCC[C@H]21. The smallest absolute Gasteiger partial charge is 0.0731 e. The molecule has 2 aliphatic heterocycles. The summed E-state index contributed by atoms with van der Waals surface area (Å²) in [5.41, 5.74) is 0. The molecule has 2 nitrogen and oxygen atoms in total. The van der Waals surface area contributed by atoms with Crippen LogP contribution in [0.5, 0.6) is 0 Å². The van der Waals surface area contributed by atoms with Crippen LogP contribution in [-0.2, 0) is 4.74 Å². The summed E-state index contributed by atoms with van der Waals surface area (Å²) in [4.78, 5) is 2.61. The topological polar surface area (TPSA) is 12.5 Å². The molecule has 0 aliphatic carbocycles. The second-order valence-electron chi connectivity index (χ2n) is 4.24. The Morgan fingerprint density at radius 3 is 2.92 bits per heavy atom. The second kappa shape index (κ2) is 3.35. The molecule has 0 N–H and O–H groups in total. The minimum atomic E-state index is 0.557. The quantitative estimate of drug-likeness (QED) is 0.592. The van der Waals surface area contributed by atoms with Gasteiger partial charge in [0, 0.05) is 18.7 Å². The Balaban J connectivity index is 2.03. The number of likely N-dealkylation sites (tertiary alicyclic amines) is 1.